The summed E-state index contributed by atoms with van der Waals surface area (Å²) < 4.78 is 38.3. The summed E-state index contributed by atoms with van der Waals surface area (Å²) in [4.78, 5) is 0. The standard InChI is InChI=1S/C14H14ClFN2O2S/c1-21(19,20)18-11-6-7-12(15)14(8-11)17-9-10-4-2-3-5-13(10)16/h2-8,17-18H,9H2,1H3. The van der Waals surface area contributed by atoms with Crippen molar-refractivity contribution in [3.8, 4) is 0 Å². The minimum absolute atomic E-state index is 0.245. The Bertz CT molecular complexity index is 750. The van der Waals surface area contributed by atoms with E-state index < -0.39 is 10.0 Å². The van der Waals surface area contributed by atoms with E-state index >= 15 is 0 Å². The fraction of sp³-hybridized carbons (Fsp3) is 0.143. The van der Waals surface area contributed by atoms with Crippen LogP contribution >= 0.6 is 11.6 Å². The average Bonchev–Trinajstić information content (AvgIpc) is 2.39. The van der Waals surface area contributed by atoms with Crippen molar-refractivity contribution in [2.45, 2.75) is 6.54 Å². The van der Waals surface area contributed by atoms with Crippen LogP contribution in [-0.4, -0.2) is 14.7 Å². The molecule has 0 saturated heterocycles. The van der Waals surface area contributed by atoms with Gasteiger partial charge >= 0.3 is 0 Å². The van der Waals surface area contributed by atoms with Crippen LogP contribution in [0.15, 0.2) is 42.5 Å². The lowest BCUT2D eigenvalue weighted by Gasteiger charge is -2.11. The van der Waals surface area contributed by atoms with Gasteiger partial charge in [-0.3, -0.25) is 4.72 Å². The molecule has 2 rings (SSSR count). The quantitative estimate of drug-likeness (QED) is 0.883. The van der Waals surface area contributed by atoms with E-state index in [-0.39, 0.29) is 12.4 Å². The van der Waals surface area contributed by atoms with Crippen LogP contribution in [0.5, 0.6) is 0 Å². The number of rotatable bonds is 5. The van der Waals surface area contributed by atoms with Crippen LogP contribution in [0.2, 0.25) is 5.02 Å². The Morgan fingerprint density at radius 1 is 1.19 bits per heavy atom. The Balaban J connectivity index is 2.16. The molecule has 0 bridgehead atoms. The Morgan fingerprint density at radius 2 is 1.90 bits per heavy atom. The molecule has 0 heterocycles. The van der Waals surface area contributed by atoms with E-state index in [0.717, 1.165) is 6.26 Å². The van der Waals surface area contributed by atoms with Gasteiger partial charge in [-0.1, -0.05) is 29.8 Å². The zero-order valence-electron chi connectivity index (χ0n) is 11.2. The molecular formula is C14H14ClFN2O2S. The third kappa shape index (κ3) is 4.61. The van der Waals surface area contributed by atoms with Crippen molar-refractivity contribution in [3.63, 3.8) is 0 Å². The van der Waals surface area contributed by atoms with Gasteiger partial charge in [0.25, 0.3) is 0 Å². The first-order valence-corrected chi connectivity index (χ1v) is 8.37. The summed E-state index contributed by atoms with van der Waals surface area (Å²) in [7, 11) is -3.36. The smallest absolute Gasteiger partial charge is 0.229 e. The van der Waals surface area contributed by atoms with Crippen molar-refractivity contribution in [3.05, 3.63) is 58.9 Å². The molecule has 21 heavy (non-hydrogen) atoms. The molecule has 112 valence electrons. The van der Waals surface area contributed by atoms with E-state index in [2.05, 4.69) is 10.0 Å². The highest BCUT2D eigenvalue weighted by Crippen LogP contribution is 2.26. The number of nitrogens with one attached hydrogen (secondary N) is 2. The van der Waals surface area contributed by atoms with E-state index in [1.165, 1.54) is 6.07 Å². The van der Waals surface area contributed by atoms with Crippen molar-refractivity contribution < 1.29 is 12.8 Å². The third-order valence-electron chi connectivity index (χ3n) is 2.70. The van der Waals surface area contributed by atoms with Crippen molar-refractivity contribution >= 4 is 33.0 Å². The van der Waals surface area contributed by atoms with Crippen LogP contribution in [-0.2, 0) is 16.6 Å². The lowest BCUT2D eigenvalue weighted by Crippen LogP contribution is -2.10. The van der Waals surface area contributed by atoms with Crippen molar-refractivity contribution in [2.75, 3.05) is 16.3 Å². The highest BCUT2D eigenvalue weighted by molar-refractivity contribution is 7.92. The topological polar surface area (TPSA) is 58.2 Å². The van der Waals surface area contributed by atoms with E-state index in [9.17, 15) is 12.8 Å². The van der Waals surface area contributed by atoms with Gasteiger partial charge in [-0.05, 0) is 24.3 Å². The van der Waals surface area contributed by atoms with Gasteiger partial charge in [0.15, 0.2) is 0 Å². The van der Waals surface area contributed by atoms with Gasteiger partial charge in [-0.15, -0.1) is 0 Å². The molecule has 0 spiro atoms. The summed E-state index contributed by atoms with van der Waals surface area (Å²) in [6.07, 6.45) is 1.06. The maximum absolute atomic E-state index is 13.5. The molecule has 2 aromatic rings. The van der Waals surface area contributed by atoms with E-state index in [4.69, 9.17) is 11.6 Å². The molecule has 0 atom stereocenters. The van der Waals surface area contributed by atoms with Crippen LogP contribution in [0, 0.1) is 5.82 Å². The number of hydrogen-bond donors (Lipinski definition) is 2. The van der Waals surface area contributed by atoms with Gasteiger partial charge in [-0.25, -0.2) is 12.8 Å². The largest absolute Gasteiger partial charge is 0.380 e. The maximum Gasteiger partial charge on any atom is 0.229 e. The number of anilines is 2. The van der Waals surface area contributed by atoms with E-state index in [1.54, 1.807) is 36.4 Å². The van der Waals surface area contributed by atoms with Crippen LogP contribution in [0.4, 0.5) is 15.8 Å². The third-order valence-corrected chi connectivity index (χ3v) is 3.63. The van der Waals surface area contributed by atoms with Crippen molar-refractivity contribution in [2.24, 2.45) is 0 Å². The van der Waals surface area contributed by atoms with Crippen LogP contribution in [0.25, 0.3) is 0 Å². The normalized spacial score (nSPS) is 11.2. The molecule has 0 saturated carbocycles. The Labute approximate surface area is 128 Å². The highest BCUT2D eigenvalue weighted by Gasteiger charge is 2.07. The summed E-state index contributed by atoms with van der Waals surface area (Å²) in [6.45, 7) is 0.245. The lowest BCUT2D eigenvalue weighted by atomic mass is 10.2. The van der Waals surface area contributed by atoms with Crippen LogP contribution in [0.3, 0.4) is 0 Å². The zero-order chi connectivity index (χ0) is 15.5. The summed E-state index contributed by atoms with van der Waals surface area (Å²) in [6, 6.07) is 11.1. The minimum atomic E-state index is -3.36. The molecule has 0 unspecified atom stereocenters. The average molecular weight is 329 g/mol. The Hall–Kier alpha value is -1.79. The first-order valence-electron chi connectivity index (χ1n) is 6.10. The number of hydrogen-bond acceptors (Lipinski definition) is 3. The SMILES string of the molecule is CS(=O)(=O)Nc1ccc(Cl)c(NCc2ccccc2F)c1. The Morgan fingerprint density at radius 3 is 2.57 bits per heavy atom. The Kier molecular flexibility index (Phi) is 4.69. The van der Waals surface area contributed by atoms with Gasteiger partial charge in [0.05, 0.1) is 22.7 Å². The summed E-state index contributed by atoms with van der Waals surface area (Å²) in [5, 5.41) is 3.41. The summed E-state index contributed by atoms with van der Waals surface area (Å²) in [5.74, 6) is -0.313. The van der Waals surface area contributed by atoms with Gasteiger partial charge in [0.1, 0.15) is 5.82 Å². The maximum atomic E-state index is 13.5. The number of sulfonamides is 1. The molecule has 0 aliphatic heterocycles. The molecule has 2 N–H and O–H groups in total. The van der Waals surface area contributed by atoms with Crippen LogP contribution < -0.4 is 10.0 Å². The lowest BCUT2D eigenvalue weighted by molar-refractivity contribution is 0.606. The fourth-order valence-corrected chi connectivity index (χ4v) is 2.51. The summed E-state index contributed by atoms with van der Waals surface area (Å²) >= 11 is 6.04. The molecule has 7 heteroatoms. The molecule has 0 aliphatic rings. The number of benzene rings is 2. The summed E-state index contributed by atoms with van der Waals surface area (Å²) in [5.41, 5.74) is 1.40. The predicted octanol–water partition coefficient (Wildman–Crippen LogP) is 3.46. The van der Waals surface area contributed by atoms with Crippen LogP contribution in [0.1, 0.15) is 5.56 Å². The molecule has 4 nitrogen and oxygen atoms in total. The second kappa shape index (κ2) is 6.32. The predicted molar refractivity (Wildman–Crippen MR) is 83.6 cm³/mol. The van der Waals surface area contributed by atoms with Gasteiger partial charge < -0.3 is 5.32 Å². The molecular weight excluding hydrogens is 315 g/mol. The van der Waals surface area contributed by atoms with Crippen molar-refractivity contribution in [1.29, 1.82) is 0 Å². The molecule has 2 aromatic carbocycles. The monoisotopic (exact) mass is 328 g/mol. The first-order chi connectivity index (χ1) is 9.85. The van der Waals surface area contributed by atoms with E-state index in [0.29, 0.717) is 22.0 Å². The van der Waals surface area contributed by atoms with Gasteiger partial charge in [-0.2, -0.15) is 0 Å². The zero-order valence-corrected chi connectivity index (χ0v) is 12.8. The number of halogens is 2. The first kappa shape index (κ1) is 15.6. The molecule has 0 aromatic heterocycles. The molecule has 0 radical (unpaired) electrons. The van der Waals surface area contributed by atoms with Gasteiger partial charge in [0, 0.05) is 12.1 Å². The van der Waals surface area contributed by atoms with Crippen molar-refractivity contribution in [1.82, 2.24) is 0 Å². The molecule has 0 aliphatic carbocycles. The van der Waals surface area contributed by atoms with E-state index in [1.807, 2.05) is 0 Å². The second-order valence-corrected chi connectivity index (χ2v) is 6.67. The highest BCUT2D eigenvalue weighted by atomic mass is 35.5. The fourth-order valence-electron chi connectivity index (χ4n) is 1.77. The molecule has 0 fully saturated rings. The van der Waals surface area contributed by atoms with Gasteiger partial charge in [0.2, 0.25) is 10.0 Å². The molecule has 0 amide bonds. The second-order valence-electron chi connectivity index (χ2n) is 4.51. The minimum Gasteiger partial charge on any atom is -0.380 e.